The molecule has 2 nitrogen and oxygen atoms in total. The lowest BCUT2D eigenvalue weighted by molar-refractivity contribution is -0.00290. The molecule has 0 atom stereocenters. The topological polar surface area (TPSA) is 35.2 Å². The van der Waals surface area contributed by atoms with Gasteiger partial charge in [-0.1, -0.05) is 0 Å². The smallest absolute Gasteiger partial charge is 0.0625 e. The van der Waals surface area contributed by atoms with E-state index in [9.17, 15) is 0 Å². The highest BCUT2D eigenvalue weighted by atomic mass is 16.5. The van der Waals surface area contributed by atoms with Crippen molar-refractivity contribution in [2.75, 3.05) is 7.11 Å². The van der Waals surface area contributed by atoms with Crippen LogP contribution in [0.25, 0.3) is 0 Å². The maximum atomic E-state index is 5.86. The van der Waals surface area contributed by atoms with Gasteiger partial charge in [-0.15, -0.1) is 0 Å². The molecule has 0 heterocycles. The van der Waals surface area contributed by atoms with Crippen molar-refractivity contribution in [1.82, 2.24) is 0 Å². The van der Waals surface area contributed by atoms with Gasteiger partial charge < -0.3 is 10.5 Å². The molecular formula is C11H23NO. The number of hydrogen-bond donors (Lipinski definition) is 1. The summed E-state index contributed by atoms with van der Waals surface area (Å²) in [5.41, 5.74) is 5.91. The number of hydrogen-bond acceptors (Lipinski definition) is 2. The second kappa shape index (κ2) is 4.43. The maximum absolute atomic E-state index is 5.86. The predicted molar refractivity (Wildman–Crippen MR) is 55.6 cm³/mol. The first-order valence-electron chi connectivity index (χ1n) is 5.34. The van der Waals surface area contributed by atoms with Crippen LogP contribution in [-0.2, 0) is 4.74 Å². The minimum atomic E-state index is 0.0477. The Morgan fingerprint density at radius 2 is 1.77 bits per heavy atom. The van der Waals surface area contributed by atoms with Gasteiger partial charge in [-0.25, -0.2) is 0 Å². The first kappa shape index (κ1) is 11.0. The number of nitrogens with two attached hydrogens (primary N) is 1. The molecule has 1 aliphatic rings. The molecule has 1 rings (SSSR count). The van der Waals surface area contributed by atoms with Gasteiger partial charge in [-0.2, -0.15) is 0 Å². The summed E-state index contributed by atoms with van der Waals surface area (Å²) in [5, 5.41) is 0. The van der Waals surface area contributed by atoms with Gasteiger partial charge in [0.2, 0.25) is 0 Å². The molecular weight excluding hydrogens is 162 g/mol. The highest BCUT2D eigenvalue weighted by Crippen LogP contribution is 2.31. The number of rotatable bonds is 3. The standard InChI is InChI=1S/C11H23NO/c1-11(2,13-3)8-9-4-6-10(12)7-5-9/h9-10H,4-8,12H2,1-3H3. The summed E-state index contributed by atoms with van der Waals surface area (Å²) in [6.07, 6.45) is 6.15. The van der Waals surface area contributed by atoms with Crippen molar-refractivity contribution >= 4 is 0 Å². The summed E-state index contributed by atoms with van der Waals surface area (Å²) in [6.45, 7) is 4.34. The van der Waals surface area contributed by atoms with Gasteiger partial charge >= 0.3 is 0 Å². The molecule has 13 heavy (non-hydrogen) atoms. The van der Waals surface area contributed by atoms with Crippen LogP contribution in [0.5, 0.6) is 0 Å². The largest absolute Gasteiger partial charge is 0.379 e. The van der Waals surface area contributed by atoms with E-state index < -0.39 is 0 Å². The molecule has 0 aliphatic heterocycles. The number of methoxy groups -OCH3 is 1. The van der Waals surface area contributed by atoms with Crippen molar-refractivity contribution in [3.05, 3.63) is 0 Å². The van der Waals surface area contributed by atoms with Gasteiger partial charge in [0.1, 0.15) is 0 Å². The predicted octanol–water partition coefficient (Wildman–Crippen LogP) is 2.32. The van der Waals surface area contributed by atoms with E-state index in [-0.39, 0.29) is 5.60 Å². The average molecular weight is 185 g/mol. The summed E-state index contributed by atoms with van der Waals surface area (Å²) in [7, 11) is 1.80. The Balaban J connectivity index is 2.30. The van der Waals surface area contributed by atoms with E-state index >= 15 is 0 Å². The lowest BCUT2D eigenvalue weighted by Crippen LogP contribution is -2.31. The molecule has 1 saturated carbocycles. The molecule has 2 heteroatoms. The van der Waals surface area contributed by atoms with Crippen molar-refractivity contribution < 1.29 is 4.74 Å². The van der Waals surface area contributed by atoms with Crippen LogP contribution in [0, 0.1) is 5.92 Å². The summed E-state index contributed by atoms with van der Waals surface area (Å²) in [5.74, 6) is 0.828. The van der Waals surface area contributed by atoms with E-state index in [4.69, 9.17) is 10.5 Å². The quantitative estimate of drug-likeness (QED) is 0.732. The summed E-state index contributed by atoms with van der Waals surface area (Å²) in [6, 6.07) is 0.460. The molecule has 0 aromatic heterocycles. The minimum Gasteiger partial charge on any atom is -0.379 e. The van der Waals surface area contributed by atoms with Crippen molar-refractivity contribution in [2.24, 2.45) is 11.7 Å². The van der Waals surface area contributed by atoms with Crippen LogP contribution in [0.4, 0.5) is 0 Å². The Kier molecular flexibility index (Phi) is 3.74. The van der Waals surface area contributed by atoms with Crippen LogP contribution in [0.3, 0.4) is 0 Å². The van der Waals surface area contributed by atoms with Gasteiger partial charge in [-0.3, -0.25) is 0 Å². The lowest BCUT2D eigenvalue weighted by atomic mass is 9.80. The summed E-state index contributed by atoms with van der Waals surface area (Å²) >= 11 is 0. The Morgan fingerprint density at radius 1 is 1.23 bits per heavy atom. The molecule has 0 radical (unpaired) electrons. The monoisotopic (exact) mass is 185 g/mol. The molecule has 0 spiro atoms. The van der Waals surface area contributed by atoms with Crippen LogP contribution < -0.4 is 5.73 Å². The molecule has 0 aromatic carbocycles. The third kappa shape index (κ3) is 3.65. The highest BCUT2D eigenvalue weighted by molar-refractivity contribution is 4.80. The first-order valence-corrected chi connectivity index (χ1v) is 5.34. The lowest BCUT2D eigenvalue weighted by Gasteiger charge is -2.32. The Morgan fingerprint density at radius 3 is 2.23 bits per heavy atom. The second-order valence-corrected chi connectivity index (χ2v) is 4.95. The molecule has 78 valence electrons. The average Bonchev–Trinajstić information content (AvgIpc) is 2.09. The normalized spacial score (nSPS) is 30.5. The van der Waals surface area contributed by atoms with Crippen LogP contribution in [0.2, 0.25) is 0 Å². The molecule has 1 fully saturated rings. The Hall–Kier alpha value is -0.0800. The summed E-state index contributed by atoms with van der Waals surface area (Å²) in [4.78, 5) is 0. The van der Waals surface area contributed by atoms with Crippen molar-refractivity contribution in [2.45, 2.75) is 57.6 Å². The van der Waals surface area contributed by atoms with E-state index in [0.29, 0.717) is 6.04 Å². The van der Waals surface area contributed by atoms with Gasteiger partial charge in [0.15, 0.2) is 0 Å². The van der Waals surface area contributed by atoms with E-state index in [0.717, 1.165) is 5.92 Å². The highest BCUT2D eigenvalue weighted by Gasteiger charge is 2.25. The molecule has 0 amide bonds. The van der Waals surface area contributed by atoms with Crippen LogP contribution in [0.1, 0.15) is 46.0 Å². The first-order chi connectivity index (χ1) is 6.03. The molecule has 2 N–H and O–H groups in total. The Labute approximate surface area is 81.8 Å². The molecule has 1 aliphatic carbocycles. The van der Waals surface area contributed by atoms with E-state index in [1.54, 1.807) is 7.11 Å². The fourth-order valence-corrected chi connectivity index (χ4v) is 2.17. The van der Waals surface area contributed by atoms with Crippen LogP contribution in [-0.4, -0.2) is 18.8 Å². The van der Waals surface area contributed by atoms with E-state index in [1.807, 2.05) is 0 Å². The van der Waals surface area contributed by atoms with Gasteiger partial charge in [-0.05, 0) is 51.9 Å². The van der Waals surface area contributed by atoms with Gasteiger partial charge in [0, 0.05) is 13.2 Å². The third-order valence-corrected chi connectivity index (χ3v) is 3.22. The third-order valence-electron chi connectivity index (χ3n) is 3.22. The fourth-order valence-electron chi connectivity index (χ4n) is 2.17. The zero-order chi connectivity index (χ0) is 9.90. The van der Waals surface area contributed by atoms with E-state index in [1.165, 1.54) is 32.1 Å². The van der Waals surface area contributed by atoms with Crippen LogP contribution >= 0.6 is 0 Å². The van der Waals surface area contributed by atoms with Crippen LogP contribution in [0.15, 0.2) is 0 Å². The maximum Gasteiger partial charge on any atom is 0.0625 e. The zero-order valence-electron chi connectivity index (χ0n) is 9.18. The Bertz CT molecular complexity index is 148. The molecule has 0 saturated heterocycles. The van der Waals surface area contributed by atoms with Gasteiger partial charge in [0.05, 0.1) is 5.60 Å². The minimum absolute atomic E-state index is 0.0477. The molecule has 0 aromatic rings. The van der Waals surface area contributed by atoms with Crippen molar-refractivity contribution in [3.8, 4) is 0 Å². The fraction of sp³-hybridized carbons (Fsp3) is 1.00. The molecule has 0 bridgehead atoms. The summed E-state index contributed by atoms with van der Waals surface area (Å²) < 4.78 is 5.44. The zero-order valence-corrected chi connectivity index (χ0v) is 9.18. The van der Waals surface area contributed by atoms with E-state index in [2.05, 4.69) is 13.8 Å². The second-order valence-electron chi connectivity index (χ2n) is 4.95. The SMILES string of the molecule is COC(C)(C)CC1CCC(N)CC1. The molecule has 0 unspecified atom stereocenters. The van der Waals surface area contributed by atoms with Crippen molar-refractivity contribution in [3.63, 3.8) is 0 Å². The number of ether oxygens (including phenoxy) is 1. The van der Waals surface area contributed by atoms with Gasteiger partial charge in [0.25, 0.3) is 0 Å². The van der Waals surface area contributed by atoms with Crippen molar-refractivity contribution in [1.29, 1.82) is 0 Å².